The van der Waals surface area contributed by atoms with Crippen molar-refractivity contribution in [3.05, 3.63) is 18.6 Å². The van der Waals surface area contributed by atoms with Gasteiger partial charge in [-0.1, -0.05) is 0 Å². The van der Waals surface area contributed by atoms with Gasteiger partial charge in [-0.25, -0.2) is 8.42 Å². The van der Waals surface area contributed by atoms with E-state index in [4.69, 9.17) is 10.2 Å². The van der Waals surface area contributed by atoms with Crippen LogP contribution in [0.1, 0.15) is 6.42 Å². The molecule has 1 amide bonds. The van der Waals surface area contributed by atoms with Crippen molar-refractivity contribution >= 4 is 15.9 Å². The average Bonchev–Trinajstić information content (AvgIpc) is 2.86. The predicted octanol–water partition coefficient (Wildman–Crippen LogP) is -1.11. The van der Waals surface area contributed by atoms with Crippen LogP contribution in [0.5, 0.6) is 0 Å². The molecule has 1 aromatic heterocycles. The maximum Gasteiger partial charge on any atom is 0.250 e. The van der Waals surface area contributed by atoms with Crippen LogP contribution in [-0.2, 0) is 14.8 Å². The van der Waals surface area contributed by atoms with Gasteiger partial charge in [0.1, 0.15) is 11.2 Å². The number of furan rings is 1. The Bertz CT molecular complexity index is 524. The van der Waals surface area contributed by atoms with Crippen LogP contribution in [0.4, 0.5) is 0 Å². The van der Waals surface area contributed by atoms with Crippen LogP contribution in [0, 0.1) is 0 Å². The summed E-state index contributed by atoms with van der Waals surface area (Å²) in [5.41, 5.74) is 3.25. The topological polar surface area (TPSA) is 114 Å². The molecule has 0 aromatic carbocycles. The van der Waals surface area contributed by atoms with Crippen LogP contribution in [-0.4, -0.2) is 42.4 Å². The molecule has 0 radical (unpaired) electrons. The number of hydrogen-bond acceptors (Lipinski definition) is 5. The normalized spacial score (nSPS) is 26.2. The zero-order chi connectivity index (χ0) is 12.7. The predicted molar refractivity (Wildman–Crippen MR) is 56.2 cm³/mol. The van der Waals surface area contributed by atoms with E-state index in [1.165, 1.54) is 12.3 Å². The molecule has 1 unspecified atom stereocenters. The Labute approximate surface area is 97.9 Å². The van der Waals surface area contributed by atoms with E-state index in [1.54, 1.807) is 0 Å². The molecule has 0 bridgehead atoms. The summed E-state index contributed by atoms with van der Waals surface area (Å²) in [6.07, 6.45) is 2.33. The standard InChI is InChI=1S/C9H12N2O5S/c10-8(12)9(13)2-3-11(6-9)17(14,15)7-1-4-16-5-7/h1,4-5,13H,2-3,6H2,(H2,10,12). The van der Waals surface area contributed by atoms with Crippen molar-refractivity contribution in [2.45, 2.75) is 16.9 Å². The minimum atomic E-state index is -3.73. The van der Waals surface area contributed by atoms with Gasteiger partial charge in [0, 0.05) is 13.0 Å². The summed E-state index contributed by atoms with van der Waals surface area (Å²) in [6, 6.07) is 1.30. The summed E-state index contributed by atoms with van der Waals surface area (Å²) in [7, 11) is -3.73. The second-order valence-corrected chi connectivity index (χ2v) is 5.88. The van der Waals surface area contributed by atoms with Crippen molar-refractivity contribution in [2.24, 2.45) is 5.73 Å². The Balaban J connectivity index is 2.25. The number of rotatable bonds is 3. The molecule has 1 fully saturated rings. The molecule has 0 saturated carbocycles. The summed E-state index contributed by atoms with van der Waals surface area (Å²) in [4.78, 5) is 11.0. The average molecular weight is 260 g/mol. The molecule has 8 heteroatoms. The lowest BCUT2D eigenvalue weighted by Crippen LogP contribution is -2.46. The molecule has 94 valence electrons. The second kappa shape index (κ2) is 3.83. The van der Waals surface area contributed by atoms with Gasteiger partial charge in [0.05, 0.1) is 12.8 Å². The van der Waals surface area contributed by atoms with Gasteiger partial charge in [-0.15, -0.1) is 0 Å². The lowest BCUT2D eigenvalue weighted by Gasteiger charge is -2.19. The first-order chi connectivity index (χ1) is 7.86. The molecule has 7 nitrogen and oxygen atoms in total. The van der Waals surface area contributed by atoms with Crippen molar-refractivity contribution in [3.63, 3.8) is 0 Å². The smallest absolute Gasteiger partial charge is 0.250 e. The molecule has 1 aliphatic rings. The third-order valence-corrected chi connectivity index (χ3v) is 4.62. The number of primary amides is 1. The number of aliphatic hydroxyl groups is 1. The van der Waals surface area contributed by atoms with Gasteiger partial charge >= 0.3 is 0 Å². The zero-order valence-electron chi connectivity index (χ0n) is 8.87. The van der Waals surface area contributed by atoms with Gasteiger partial charge in [0.25, 0.3) is 5.91 Å². The molecule has 17 heavy (non-hydrogen) atoms. The highest BCUT2D eigenvalue weighted by molar-refractivity contribution is 7.89. The Morgan fingerprint density at radius 2 is 2.29 bits per heavy atom. The van der Waals surface area contributed by atoms with E-state index in [0.29, 0.717) is 0 Å². The fraction of sp³-hybridized carbons (Fsp3) is 0.444. The molecule has 3 N–H and O–H groups in total. The van der Waals surface area contributed by atoms with Gasteiger partial charge in [0.15, 0.2) is 5.60 Å². The number of amides is 1. The van der Waals surface area contributed by atoms with E-state index < -0.39 is 21.5 Å². The number of β-amino-alcohol motifs (C(OH)–C–C–N with tert-alkyl or cyclic N) is 1. The SMILES string of the molecule is NC(=O)C1(O)CCN(S(=O)(=O)c2ccoc2)C1. The first-order valence-corrected chi connectivity index (χ1v) is 6.35. The number of carbonyl (C=O) groups excluding carboxylic acids is 1. The highest BCUT2D eigenvalue weighted by Gasteiger charge is 2.45. The van der Waals surface area contributed by atoms with E-state index in [1.807, 2.05) is 0 Å². The van der Waals surface area contributed by atoms with Crippen LogP contribution in [0.2, 0.25) is 0 Å². The monoisotopic (exact) mass is 260 g/mol. The van der Waals surface area contributed by atoms with Crippen LogP contribution in [0.25, 0.3) is 0 Å². The molecule has 0 aliphatic carbocycles. The van der Waals surface area contributed by atoms with Crippen molar-refractivity contribution in [1.82, 2.24) is 4.31 Å². The third-order valence-electron chi connectivity index (χ3n) is 2.80. The number of nitrogens with zero attached hydrogens (tertiary/aromatic N) is 1. The number of carbonyl (C=O) groups is 1. The third kappa shape index (κ3) is 1.94. The largest absolute Gasteiger partial charge is 0.471 e. The van der Waals surface area contributed by atoms with Crippen LogP contribution in [0.3, 0.4) is 0 Å². The molecular formula is C9H12N2O5S. The van der Waals surface area contributed by atoms with Crippen molar-refractivity contribution < 1.29 is 22.7 Å². The Morgan fingerprint density at radius 3 is 2.76 bits per heavy atom. The van der Waals surface area contributed by atoms with Crippen molar-refractivity contribution in [1.29, 1.82) is 0 Å². The number of sulfonamides is 1. The summed E-state index contributed by atoms with van der Waals surface area (Å²) in [5.74, 6) is -0.914. The van der Waals surface area contributed by atoms with Gasteiger partial charge in [-0.2, -0.15) is 4.31 Å². The number of nitrogens with two attached hydrogens (primary N) is 1. The minimum absolute atomic E-state index is 0.000581. The van der Waals surface area contributed by atoms with Crippen LogP contribution >= 0.6 is 0 Å². The maximum atomic E-state index is 12.0. The van der Waals surface area contributed by atoms with Crippen molar-refractivity contribution in [2.75, 3.05) is 13.1 Å². The molecule has 1 atom stereocenters. The van der Waals surface area contributed by atoms with Gasteiger partial charge in [-0.05, 0) is 6.07 Å². The summed E-state index contributed by atoms with van der Waals surface area (Å²) in [5, 5.41) is 9.80. The second-order valence-electron chi connectivity index (χ2n) is 3.94. The lowest BCUT2D eigenvalue weighted by atomic mass is 10.0. The Hall–Kier alpha value is -1.38. The highest BCUT2D eigenvalue weighted by Crippen LogP contribution is 2.27. The fourth-order valence-corrected chi connectivity index (χ4v) is 3.13. The van der Waals surface area contributed by atoms with Crippen LogP contribution < -0.4 is 5.73 Å². The van der Waals surface area contributed by atoms with Gasteiger partial charge < -0.3 is 15.3 Å². The van der Waals surface area contributed by atoms with Gasteiger partial charge in [0.2, 0.25) is 10.0 Å². The first-order valence-electron chi connectivity index (χ1n) is 4.91. The van der Waals surface area contributed by atoms with E-state index in [-0.39, 0.29) is 24.4 Å². The minimum Gasteiger partial charge on any atom is -0.471 e. The molecule has 0 spiro atoms. The summed E-state index contributed by atoms with van der Waals surface area (Å²) in [6.45, 7) is -0.275. The van der Waals surface area contributed by atoms with E-state index >= 15 is 0 Å². The maximum absolute atomic E-state index is 12.0. The van der Waals surface area contributed by atoms with E-state index in [9.17, 15) is 18.3 Å². The molecule has 1 aromatic rings. The molecule has 2 heterocycles. The van der Waals surface area contributed by atoms with Crippen molar-refractivity contribution in [3.8, 4) is 0 Å². The van der Waals surface area contributed by atoms with Gasteiger partial charge in [-0.3, -0.25) is 4.79 Å². The molecule has 1 saturated heterocycles. The summed E-state index contributed by atoms with van der Waals surface area (Å²) < 4.78 is 29.7. The first kappa shape index (κ1) is 12.1. The highest BCUT2D eigenvalue weighted by atomic mass is 32.2. The molecular weight excluding hydrogens is 248 g/mol. The lowest BCUT2D eigenvalue weighted by molar-refractivity contribution is -0.134. The quantitative estimate of drug-likeness (QED) is 0.715. The van der Waals surface area contributed by atoms with E-state index in [0.717, 1.165) is 10.6 Å². The zero-order valence-corrected chi connectivity index (χ0v) is 9.68. The fourth-order valence-electron chi connectivity index (χ4n) is 1.71. The molecule has 2 rings (SSSR count). The van der Waals surface area contributed by atoms with E-state index in [2.05, 4.69) is 0 Å². The summed E-state index contributed by atoms with van der Waals surface area (Å²) >= 11 is 0. The Kier molecular flexibility index (Phi) is 2.72. The Morgan fingerprint density at radius 1 is 1.59 bits per heavy atom. The number of hydrogen-bond donors (Lipinski definition) is 2. The van der Waals surface area contributed by atoms with Crippen LogP contribution in [0.15, 0.2) is 27.9 Å². The molecule has 1 aliphatic heterocycles.